The maximum atomic E-state index is 10.4. The van der Waals surface area contributed by atoms with Gasteiger partial charge in [-0.25, -0.2) is 0 Å². The maximum Gasteiger partial charge on any atom is 0.0879 e. The Morgan fingerprint density at radius 1 is 1.20 bits per heavy atom. The van der Waals surface area contributed by atoms with Crippen molar-refractivity contribution in [3.63, 3.8) is 0 Å². The van der Waals surface area contributed by atoms with Crippen LogP contribution in [-0.2, 0) is 0 Å². The summed E-state index contributed by atoms with van der Waals surface area (Å²) in [6, 6.07) is 0. The highest BCUT2D eigenvalue weighted by Crippen LogP contribution is 2.38. The average Bonchev–Trinajstić information content (AvgIpc) is 2.15. The molecule has 0 spiro atoms. The van der Waals surface area contributed by atoms with E-state index in [9.17, 15) is 10.2 Å². The molecule has 0 amide bonds. The normalized spacial score (nSPS) is 23.5. The van der Waals surface area contributed by atoms with Crippen LogP contribution in [0.15, 0.2) is 12.2 Å². The molecule has 0 aromatic rings. The van der Waals surface area contributed by atoms with E-state index in [1.807, 2.05) is 20.8 Å². The summed E-state index contributed by atoms with van der Waals surface area (Å²) in [5.74, 6) is 0. The minimum Gasteiger partial charge on any atom is -0.388 e. The van der Waals surface area contributed by atoms with Crippen molar-refractivity contribution in [2.24, 2.45) is 5.41 Å². The molecule has 2 N–H and O–H groups in total. The van der Waals surface area contributed by atoms with Crippen molar-refractivity contribution in [3.05, 3.63) is 12.2 Å². The summed E-state index contributed by atoms with van der Waals surface area (Å²) in [5.41, 5.74) is -0.468. The Hall–Kier alpha value is -0.340. The Labute approximate surface area is 93.0 Å². The second kappa shape index (κ2) is 4.26. The Kier molecular flexibility index (Phi) is 3.62. The molecule has 15 heavy (non-hydrogen) atoms. The Balaban J connectivity index is 2.74. The number of rotatable bonds is 2. The van der Waals surface area contributed by atoms with Crippen LogP contribution in [0.3, 0.4) is 0 Å². The molecule has 0 heterocycles. The van der Waals surface area contributed by atoms with Crippen LogP contribution in [0.1, 0.15) is 52.9 Å². The predicted molar refractivity (Wildman–Crippen MR) is 62.6 cm³/mol. The zero-order valence-electron chi connectivity index (χ0n) is 10.2. The van der Waals surface area contributed by atoms with Crippen LogP contribution in [-0.4, -0.2) is 21.9 Å². The standard InChI is InChI=1S/C13H24O2/c1-10(11(14)12(2,3)4)13(15)8-6-5-7-9-13/h11,14-15H,1,5-9H2,2-4H3. The fraction of sp³-hybridized carbons (Fsp3) is 0.846. The van der Waals surface area contributed by atoms with Crippen molar-refractivity contribution in [2.45, 2.75) is 64.6 Å². The second-order valence-electron chi connectivity index (χ2n) is 5.89. The fourth-order valence-corrected chi connectivity index (χ4v) is 2.23. The van der Waals surface area contributed by atoms with Crippen LogP contribution >= 0.6 is 0 Å². The third kappa shape index (κ3) is 2.82. The molecule has 1 rings (SSSR count). The van der Waals surface area contributed by atoms with Crippen LogP contribution in [0, 0.1) is 5.41 Å². The van der Waals surface area contributed by atoms with Gasteiger partial charge in [0, 0.05) is 0 Å². The zero-order chi connectivity index (χ0) is 11.7. The van der Waals surface area contributed by atoms with E-state index in [2.05, 4.69) is 6.58 Å². The largest absolute Gasteiger partial charge is 0.388 e. The van der Waals surface area contributed by atoms with Crippen LogP contribution in [0.4, 0.5) is 0 Å². The first kappa shape index (κ1) is 12.7. The van der Waals surface area contributed by atoms with Gasteiger partial charge in [-0.1, -0.05) is 46.6 Å². The van der Waals surface area contributed by atoms with E-state index in [1.165, 1.54) is 6.42 Å². The first-order valence-corrected chi connectivity index (χ1v) is 5.87. The van der Waals surface area contributed by atoms with E-state index in [0.717, 1.165) is 25.7 Å². The van der Waals surface area contributed by atoms with Crippen LogP contribution in [0.25, 0.3) is 0 Å². The molecule has 1 saturated carbocycles. The highest BCUT2D eigenvalue weighted by Gasteiger charge is 2.39. The smallest absolute Gasteiger partial charge is 0.0879 e. The highest BCUT2D eigenvalue weighted by molar-refractivity contribution is 5.20. The SMILES string of the molecule is C=C(C(O)C(C)(C)C)C1(O)CCCCC1. The zero-order valence-corrected chi connectivity index (χ0v) is 10.2. The van der Waals surface area contributed by atoms with Crippen LogP contribution in [0.2, 0.25) is 0 Å². The number of hydrogen-bond acceptors (Lipinski definition) is 2. The molecule has 2 heteroatoms. The molecule has 0 saturated heterocycles. The van der Waals surface area contributed by atoms with E-state index < -0.39 is 11.7 Å². The monoisotopic (exact) mass is 212 g/mol. The molecule has 0 aromatic heterocycles. The summed E-state index contributed by atoms with van der Waals surface area (Å²) < 4.78 is 0. The van der Waals surface area contributed by atoms with Crippen LogP contribution < -0.4 is 0 Å². The van der Waals surface area contributed by atoms with Crippen molar-refractivity contribution < 1.29 is 10.2 Å². The van der Waals surface area contributed by atoms with Gasteiger partial charge in [0.25, 0.3) is 0 Å². The summed E-state index contributed by atoms with van der Waals surface area (Å²) in [5, 5.41) is 20.5. The van der Waals surface area contributed by atoms with Gasteiger partial charge in [-0.15, -0.1) is 0 Å². The number of aliphatic hydroxyl groups excluding tert-OH is 1. The molecular formula is C13H24O2. The summed E-state index contributed by atoms with van der Waals surface area (Å²) >= 11 is 0. The van der Waals surface area contributed by atoms with E-state index in [4.69, 9.17) is 0 Å². The van der Waals surface area contributed by atoms with Gasteiger partial charge >= 0.3 is 0 Å². The van der Waals surface area contributed by atoms with Gasteiger partial charge in [-0.05, 0) is 23.8 Å². The molecule has 1 unspecified atom stereocenters. The van der Waals surface area contributed by atoms with Gasteiger partial charge in [0.05, 0.1) is 11.7 Å². The molecule has 88 valence electrons. The highest BCUT2D eigenvalue weighted by atomic mass is 16.3. The molecule has 2 nitrogen and oxygen atoms in total. The molecule has 1 aliphatic rings. The van der Waals surface area contributed by atoms with Gasteiger partial charge < -0.3 is 10.2 Å². The second-order valence-corrected chi connectivity index (χ2v) is 5.89. The number of hydrogen-bond donors (Lipinski definition) is 2. The first-order valence-electron chi connectivity index (χ1n) is 5.87. The lowest BCUT2D eigenvalue weighted by Crippen LogP contribution is -2.42. The topological polar surface area (TPSA) is 40.5 Å². The van der Waals surface area contributed by atoms with E-state index in [0.29, 0.717) is 5.57 Å². The Morgan fingerprint density at radius 2 is 1.67 bits per heavy atom. The molecule has 1 aliphatic carbocycles. The minimum atomic E-state index is -0.828. The lowest BCUT2D eigenvalue weighted by atomic mass is 9.73. The molecule has 0 radical (unpaired) electrons. The Morgan fingerprint density at radius 3 is 2.07 bits per heavy atom. The van der Waals surface area contributed by atoms with Crippen molar-refractivity contribution in [2.75, 3.05) is 0 Å². The maximum absolute atomic E-state index is 10.4. The number of aliphatic hydroxyl groups is 2. The molecular weight excluding hydrogens is 188 g/mol. The third-order valence-electron chi connectivity index (χ3n) is 3.43. The minimum absolute atomic E-state index is 0.246. The molecule has 0 aromatic carbocycles. The lowest BCUT2D eigenvalue weighted by Gasteiger charge is -2.39. The predicted octanol–water partition coefficient (Wildman–Crippen LogP) is 2.64. The first-order chi connectivity index (χ1) is 6.77. The summed E-state index contributed by atoms with van der Waals surface area (Å²) in [6.45, 7) is 9.82. The average molecular weight is 212 g/mol. The van der Waals surface area contributed by atoms with E-state index in [-0.39, 0.29) is 5.41 Å². The van der Waals surface area contributed by atoms with Gasteiger partial charge in [0.15, 0.2) is 0 Å². The fourth-order valence-electron chi connectivity index (χ4n) is 2.23. The van der Waals surface area contributed by atoms with Crippen molar-refractivity contribution in [1.82, 2.24) is 0 Å². The quantitative estimate of drug-likeness (QED) is 0.691. The Bertz CT molecular complexity index is 231. The summed E-state index contributed by atoms with van der Waals surface area (Å²) in [7, 11) is 0. The molecule has 1 atom stereocenters. The summed E-state index contributed by atoms with van der Waals surface area (Å²) in [6.07, 6.45) is 4.12. The lowest BCUT2D eigenvalue weighted by molar-refractivity contribution is -0.00602. The molecule has 0 bridgehead atoms. The van der Waals surface area contributed by atoms with Gasteiger partial charge in [-0.3, -0.25) is 0 Å². The van der Waals surface area contributed by atoms with Crippen molar-refractivity contribution >= 4 is 0 Å². The van der Waals surface area contributed by atoms with Gasteiger partial charge in [0.1, 0.15) is 0 Å². The van der Waals surface area contributed by atoms with Crippen LogP contribution in [0.5, 0.6) is 0 Å². The molecule has 0 aliphatic heterocycles. The summed E-state index contributed by atoms with van der Waals surface area (Å²) in [4.78, 5) is 0. The van der Waals surface area contributed by atoms with E-state index in [1.54, 1.807) is 0 Å². The van der Waals surface area contributed by atoms with Crippen molar-refractivity contribution in [1.29, 1.82) is 0 Å². The third-order valence-corrected chi connectivity index (χ3v) is 3.43. The molecule has 1 fully saturated rings. The van der Waals surface area contributed by atoms with Crippen molar-refractivity contribution in [3.8, 4) is 0 Å². The van der Waals surface area contributed by atoms with Gasteiger partial charge in [-0.2, -0.15) is 0 Å². The van der Waals surface area contributed by atoms with Gasteiger partial charge in [0.2, 0.25) is 0 Å². The van der Waals surface area contributed by atoms with E-state index >= 15 is 0 Å².